The Balaban J connectivity index is 2.86. The van der Waals surface area contributed by atoms with Crippen LogP contribution >= 0.6 is 0 Å². The van der Waals surface area contributed by atoms with E-state index in [1.807, 2.05) is 0 Å². The number of aryl methyl sites for hydroxylation is 1. The predicted molar refractivity (Wildman–Crippen MR) is 59.7 cm³/mol. The minimum Gasteiger partial charge on any atom is -0.396 e. The topological polar surface area (TPSA) is 49.3 Å². The maximum absolute atomic E-state index is 13.4. The van der Waals surface area contributed by atoms with Gasteiger partial charge in [0.05, 0.1) is 5.56 Å². The summed E-state index contributed by atoms with van der Waals surface area (Å²) in [5.41, 5.74) is 0.0278. The first-order valence-corrected chi connectivity index (χ1v) is 5.33. The highest BCUT2D eigenvalue weighted by molar-refractivity contribution is 5.94. The van der Waals surface area contributed by atoms with Gasteiger partial charge in [-0.2, -0.15) is 0 Å². The van der Waals surface area contributed by atoms with Crippen LogP contribution in [0.4, 0.5) is 8.78 Å². The zero-order chi connectivity index (χ0) is 13.0. The molecular weight excluding hydrogens is 228 g/mol. The minimum atomic E-state index is -0.887. The SMILES string of the molecule is Cc1cc(C(=O)NC(C)CCO)c(F)cc1F. The molecule has 1 atom stereocenters. The van der Waals surface area contributed by atoms with Crippen molar-refractivity contribution in [1.82, 2.24) is 5.32 Å². The molecule has 1 aromatic rings. The second-order valence-corrected chi connectivity index (χ2v) is 3.97. The number of carbonyl (C=O) groups is 1. The van der Waals surface area contributed by atoms with E-state index in [0.717, 1.165) is 0 Å². The van der Waals surface area contributed by atoms with Crippen LogP contribution in [0.2, 0.25) is 0 Å². The van der Waals surface area contributed by atoms with Crippen molar-refractivity contribution < 1.29 is 18.7 Å². The highest BCUT2D eigenvalue weighted by Gasteiger charge is 2.16. The molecule has 2 N–H and O–H groups in total. The first-order chi connectivity index (χ1) is 7.95. The van der Waals surface area contributed by atoms with Gasteiger partial charge in [-0.05, 0) is 31.9 Å². The monoisotopic (exact) mass is 243 g/mol. The van der Waals surface area contributed by atoms with E-state index in [-0.39, 0.29) is 23.8 Å². The Labute approximate surface area is 98.5 Å². The summed E-state index contributed by atoms with van der Waals surface area (Å²) in [6.07, 6.45) is 0.382. The normalized spacial score (nSPS) is 12.3. The first kappa shape index (κ1) is 13.6. The number of halogens is 2. The molecule has 0 aliphatic heterocycles. The molecule has 0 heterocycles. The fourth-order valence-corrected chi connectivity index (χ4v) is 1.40. The summed E-state index contributed by atoms with van der Waals surface area (Å²) in [7, 11) is 0. The number of aliphatic hydroxyl groups is 1. The van der Waals surface area contributed by atoms with Crippen molar-refractivity contribution in [1.29, 1.82) is 0 Å². The van der Waals surface area contributed by atoms with Crippen LogP contribution in [0.3, 0.4) is 0 Å². The maximum Gasteiger partial charge on any atom is 0.254 e. The Hall–Kier alpha value is -1.49. The van der Waals surface area contributed by atoms with Crippen LogP contribution in [0.1, 0.15) is 29.3 Å². The van der Waals surface area contributed by atoms with Gasteiger partial charge in [-0.1, -0.05) is 0 Å². The lowest BCUT2D eigenvalue weighted by Crippen LogP contribution is -2.33. The minimum absolute atomic E-state index is 0.0631. The Morgan fingerprint density at radius 3 is 2.65 bits per heavy atom. The number of nitrogens with one attached hydrogen (secondary N) is 1. The second kappa shape index (κ2) is 5.72. The number of amides is 1. The summed E-state index contributed by atoms with van der Waals surface area (Å²) in [6.45, 7) is 3.09. The molecule has 0 saturated heterocycles. The van der Waals surface area contributed by atoms with E-state index in [2.05, 4.69) is 5.32 Å². The molecule has 0 bridgehead atoms. The summed E-state index contributed by atoms with van der Waals surface area (Å²) in [5, 5.41) is 11.2. The fourth-order valence-electron chi connectivity index (χ4n) is 1.40. The van der Waals surface area contributed by atoms with E-state index >= 15 is 0 Å². The Kier molecular flexibility index (Phi) is 4.57. The standard InChI is InChI=1S/C12H15F2NO2/c1-7-5-9(11(14)6-10(7)13)12(17)15-8(2)3-4-16/h5-6,8,16H,3-4H2,1-2H3,(H,15,17). The lowest BCUT2D eigenvalue weighted by molar-refractivity contribution is 0.0930. The van der Waals surface area contributed by atoms with Crippen LogP contribution in [0, 0.1) is 18.6 Å². The zero-order valence-corrected chi connectivity index (χ0v) is 9.76. The van der Waals surface area contributed by atoms with Gasteiger partial charge in [-0.15, -0.1) is 0 Å². The highest BCUT2D eigenvalue weighted by atomic mass is 19.1. The molecule has 0 fully saturated rings. The number of carbonyl (C=O) groups excluding carboxylic acids is 1. The van der Waals surface area contributed by atoms with Gasteiger partial charge in [0, 0.05) is 18.7 Å². The molecule has 0 aromatic heterocycles. The van der Waals surface area contributed by atoms with Crippen molar-refractivity contribution in [2.75, 3.05) is 6.61 Å². The summed E-state index contributed by atoms with van der Waals surface area (Å²) < 4.78 is 26.4. The molecular formula is C12H15F2NO2. The van der Waals surface area contributed by atoms with Gasteiger partial charge in [0.1, 0.15) is 11.6 Å². The van der Waals surface area contributed by atoms with Crippen LogP contribution in [-0.2, 0) is 0 Å². The Morgan fingerprint density at radius 2 is 2.06 bits per heavy atom. The summed E-state index contributed by atoms with van der Waals surface area (Å²) >= 11 is 0. The number of hydrogen-bond donors (Lipinski definition) is 2. The third kappa shape index (κ3) is 3.49. The largest absolute Gasteiger partial charge is 0.396 e. The summed E-state index contributed by atoms with van der Waals surface area (Å²) in [4.78, 5) is 11.7. The Morgan fingerprint density at radius 1 is 1.41 bits per heavy atom. The van der Waals surface area contributed by atoms with Gasteiger partial charge >= 0.3 is 0 Å². The third-order valence-electron chi connectivity index (χ3n) is 2.43. The number of hydrogen-bond acceptors (Lipinski definition) is 2. The van der Waals surface area contributed by atoms with E-state index in [0.29, 0.717) is 12.5 Å². The molecule has 3 nitrogen and oxygen atoms in total. The van der Waals surface area contributed by atoms with E-state index in [4.69, 9.17) is 5.11 Å². The van der Waals surface area contributed by atoms with Crippen molar-refractivity contribution in [2.24, 2.45) is 0 Å². The summed E-state index contributed by atoms with van der Waals surface area (Å²) in [6, 6.07) is 1.60. The van der Waals surface area contributed by atoms with Gasteiger partial charge in [-0.25, -0.2) is 8.78 Å². The molecule has 1 amide bonds. The lowest BCUT2D eigenvalue weighted by Gasteiger charge is -2.13. The van der Waals surface area contributed by atoms with Crippen molar-refractivity contribution in [2.45, 2.75) is 26.3 Å². The highest BCUT2D eigenvalue weighted by Crippen LogP contribution is 2.14. The molecule has 1 unspecified atom stereocenters. The molecule has 1 rings (SSSR count). The lowest BCUT2D eigenvalue weighted by atomic mass is 10.1. The van der Waals surface area contributed by atoms with Gasteiger partial charge in [-0.3, -0.25) is 4.79 Å². The van der Waals surface area contributed by atoms with Crippen LogP contribution in [0.5, 0.6) is 0 Å². The number of benzene rings is 1. The maximum atomic E-state index is 13.4. The predicted octanol–water partition coefficient (Wildman–Crippen LogP) is 1.77. The van der Waals surface area contributed by atoms with E-state index in [9.17, 15) is 13.6 Å². The van der Waals surface area contributed by atoms with Gasteiger partial charge in [0.25, 0.3) is 5.91 Å². The van der Waals surface area contributed by atoms with Crippen LogP contribution in [-0.4, -0.2) is 23.7 Å². The second-order valence-electron chi connectivity index (χ2n) is 3.97. The molecule has 0 aliphatic rings. The van der Waals surface area contributed by atoms with Crippen LogP contribution in [0.25, 0.3) is 0 Å². The average Bonchev–Trinajstić information content (AvgIpc) is 2.23. The molecule has 0 saturated carbocycles. The van der Waals surface area contributed by atoms with Gasteiger partial charge < -0.3 is 10.4 Å². The van der Waals surface area contributed by atoms with Gasteiger partial charge in [0.15, 0.2) is 0 Å². The molecule has 94 valence electrons. The summed E-state index contributed by atoms with van der Waals surface area (Å²) in [5.74, 6) is -2.17. The van der Waals surface area contributed by atoms with Crippen molar-refractivity contribution in [3.63, 3.8) is 0 Å². The van der Waals surface area contributed by atoms with E-state index in [1.165, 1.54) is 13.0 Å². The van der Waals surface area contributed by atoms with Crippen molar-refractivity contribution in [3.05, 3.63) is 34.9 Å². The van der Waals surface area contributed by atoms with E-state index in [1.54, 1.807) is 6.92 Å². The molecule has 0 radical (unpaired) electrons. The van der Waals surface area contributed by atoms with Gasteiger partial charge in [0.2, 0.25) is 0 Å². The van der Waals surface area contributed by atoms with E-state index < -0.39 is 17.5 Å². The smallest absolute Gasteiger partial charge is 0.254 e. The number of aliphatic hydroxyl groups excluding tert-OH is 1. The average molecular weight is 243 g/mol. The first-order valence-electron chi connectivity index (χ1n) is 5.33. The quantitative estimate of drug-likeness (QED) is 0.846. The van der Waals surface area contributed by atoms with Crippen molar-refractivity contribution >= 4 is 5.91 Å². The van der Waals surface area contributed by atoms with Crippen molar-refractivity contribution in [3.8, 4) is 0 Å². The zero-order valence-electron chi connectivity index (χ0n) is 9.76. The molecule has 1 aromatic carbocycles. The molecule has 5 heteroatoms. The molecule has 0 spiro atoms. The fraction of sp³-hybridized carbons (Fsp3) is 0.417. The molecule has 0 aliphatic carbocycles. The third-order valence-corrected chi connectivity index (χ3v) is 2.43. The van der Waals surface area contributed by atoms with Crippen LogP contribution in [0.15, 0.2) is 12.1 Å². The molecule has 17 heavy (non-hydrogen) atoms. The van der Waals surface area contributed by atoms with Crippen LogP contribution < -0.4 is 5.32 Å². The Bertz CT molecular complexity index is 421. The number of rotatable bonds is 4.